The van der Waals surface area contributed by atoms with Crippen molar-refractivity contribution in [2.24, 2.45) is 0 Å². The Bertz CT molecular complexity index is 293. The summed E-state index contributed by atoms with van der Waals surface area (Å²) in [6, 6.07) is 2.83. The maximum Gasteiger partial charge on any atom is 0.0147 e. The molecule has 0 amide bonds. The van der Waals surface area contributed by atoms with Gasteiger partial charge in [-0.3, -0.25) is 0 Å². The number of likely N-dealkylation sites (N-methyl/N-ethyl adjacent to an activating group) is 1. The quantitative estimate of drug-likeness (QED) is 0.760. The first-order chi connectivity index (χ1) is 5.90. The number of hydrogen-bond donors (Lipinski definition) is 1. The normalized spacial score (nSPS) is 20.2. The number of thiophene rings is 1. The average Bonchev–Trinajstić information content (AvgIpc) is 2.43. The molecule has 2 rings (SSSR count). The molecule has 1 N–H and O–H groups in total. The van der Waals surface area contributed by atoms with Crippen LogP contribution in [0, 0.1) is 0 Å². The molecule has 0 radical (unpaired) electrons. The van der Waals surface area contributed by atoms with Crippen molar-refractivity contribution in [2.45, 2.75) is 18.9 Å². The lowest BCUT2D eigenvalue weighted by Gasteiger charge is -2.10. The van der Waals surface area contributed by atoms with E-state index in [1.54, 1.807) is 0 Å². The monoisotopic (exact) mass is 215 g/mol. The van der Waals surface area contributed by atoms with Crippen molar-refractivity contribution in [2.75, 3.05) is 7.05 Å². The second kappa shape index (κ2) is 4.80. The Morgan fingerprint density at radius 2 is 2.38 bits per heavy atom. The summed E-state index contributed by atoms with van der Waals surface area (Å²) in [6.45, 7) is 0. The van der Waals surface area contributed by atoms with E-state index in [1.807, 2.05) is 18.4 Å². The molecule has 13 heavy (non-hydrogen) atoms. The van der Waals surface area contributed by atoms with E-state index in [0.29, 0.717) is 6.04 Å². The molecule has 0 spiro atoms. The summed E-state index contributed by atoms with van der Waals surface area (Å²) in [7, 11) is 2.04. The van der Waals surface area contributed by atoms with Gasteiger partial charge in [0, 0.05) is 10.9 Å². The van der Waals surface area contributed by atoms with Gasteiger partial charge < -0.3 is 5.32 Å². The Kier molecular flexibility index (Phi) is 3.97. The maximum absolute atomic E-state index is 3.33. The molecule has 1 aromatic heterocycles. The van der Waals surface area contributed by atoms with Gasteiger partial charge in [-0.2, -0.15) is 0 Å². The van der Waals surface area contributed by atoms with Crippen molar-refractivity contribution < 1.29 is 0 Å². The number of fused-ring (bicyclic) bond motifs is 1. The first-order valence-electron chi connectivity index (χ1n) is 4.30. The van der Waals surface area contributed by atoms with E-state index < -0.39 is 0 Å². The SMILES string of the molecule is CNC1CC=Cc2ccsc2C1.Cl. The highest BCUT2D eigenvalue weighted by Gasteiger charge is 2.11. The van der Waals surface area contributed by atoms with Crippen LogP contribution in [0.3, 0.4) is 0 Å². The van der Waals surface area contributed by atoms with Gasteiger partial charge >= 0.3 is 0 Å². The fraction of sp³-hybridized carbons (Fsp3) is 0.400. The van der Waals surface area contributed by atoms with Crippen LogP contribution in [-0.4, -0.2) is 13.1 Å². The van der Waals surface area contributed by atoms with E-state index in [0.717, 1.165) is 6.42 Å². The fourth-order valence-electron chi connectivity index (χ4n) is 1.55. The smallest absolute Gasteiger partial charge is 0.0147 e. The van der Waals surface area contributed by atoms with E-state index in [1.165, 1.54) is 16.9 Å². The Morgan fingerprint density at radius 1 is 1.54 bits per heavy atom. The van der Waals surface area contributed by atoms with Gasteiger partial charge in [0.2, 0.25) is 0 Å². The Labute approximate surface area is 89.3 Å². The summed E-state index contributed by atoms with van der Waals surface area (Å²) in [5, 5.41) is 5.50. The van der Waals surface area contributed by atoms with E-state index in [4.69, 9.17) is 0 Å². The van der Waals surface area contributed by atoms with Gasteiger partial charge in [0.15, 0.2) is 0 Å². The van der Waals surface area contributed by atoms with Crippen LogP contribution in [0.5, 0.6) is 0 Å². The molecule has 0 saturated carbocycles. The van der Waals surface area contributed by atoms with Crippen LogP contribution in [0.2, 0.25) is 0 Å². The molecular formula is C10H14ClNS. The summed E-state index contributed by atoms with van der Waals surface area (Å²) >= 11 is 1.87. The number of hydrogen-bond acceptors (Lipinski definition) is 2. The molecule has 0 aromatic carbocycles. The third-order valence-electron chi connectivity index (χ3n) is 2.34. The molecule has 1 aliphatic rings. The highest BCUT2D eigenvalue weighted by atomic mass is 35.5. The summed E-state index contributed by atoms with van der Waals surface area (Å²) in [5.74, 6) is 0. The van der Waals surface area contributed by atoms with Crippen LogP contribution in [0.25, 0.3) is 6.08 Å². The van der Waals surface area contributed by atoms with E-state index in [2.05, 4.69) is 28.9 Å². The van der Waals surface area contributed by atoms with Gasteiger partial charge in [-0.05, 0) is 36.9 Å². The zero-order valence-electron chi connectivity index (χ0n) is 7.62. The largest absolute Gasteiger partial charge is 0.316 e. The lowest BCUT2D eigenvalue weighted by atomic mass is 10.1. The van der Waals surface area contributed by atoms with Crippen LogP contribution in [0.4, 0.5) is 0 Å². The van der Waals surface area contributed by atoms with Gasteiger partial charge in [0.1, 0.15) is 0 Å². The molecule has 0 aliphatic heterocycles. The molecular weight excluding hydrogens is 202 g/mol. The van der Waals surface area contributed by atoms with Gasteiger partial charge in [-0.25, -0.2) is 0 Å². The Hall–Kier alpha value is -0.310. The van der Waals surface area contributed by atoms with Gasteiger partial charge in [0.25, 0.3) is 0 Å². The van der Waals surface area contributed by atoms with Crippen LogP contribution in [0.1, 0.15) is 16.9 Å². The van der Waals surface area contributed by atoms with Crippen LogP contribution in [0.15, 0.2) is 17.5 Å². The third kappa shape index (κ3) is 2.33. The lowest BCUT2D eigenvalue weighted by Crippen LogP contribution is -2.25. The highest BCUT2D eigenvalue weighted by Crippen LogP contribution is 2.23. The van der Waals surface area contributed by atoms with Crippen molar-refractivity contribution in [1.82, 2.24) is 5.32 Å². The Morgan fingerprint density at radius 3 is 3.15 bits per heavy atom. The van der Waals surface area contributed by atoms with Crippen LogP contribution in [-0.2, 0) is 6.42 Å². The lowest BCUT2D eigenvalue weighted by molar-refractivity contribution is 0.573. The molecule has 1 nitrogen and oxygen atoms in total. The number of rotatable bonds is 1. The predicted octanol–water partition coefficient (Wildman–Crippen LogP) is 2.72. The molecule has 3 heteroatoms. The molecule has 1 heterocycles. The molecule has 0 saturated heterocycles. The van der Waals surface area contributed by atoms with E-state index in [-0.39, 0.29) is 12.4 Å². The van der Waals surface area contributed by atoms with Crippen molar-refractivity contribution in [1.29, 1.82) is 0 Å². The average molecular weight is 216 g/mol. The minimum atomic E-state index is 0. The minimum Gasteiger partial charge on any atom is -0.316 e. The van der Waals surface area contributed by atoms with Gasteiger partial charge in [-0.1, -0.05) is 12.2 Å². The number of halogens is 1. The fourth-order valence-corrected chi connectivity index (χ4v) is 2.50. The maximum atomic E-state index is 3.33. The van der Waals surface area contributed by atoms with Crippen molar-refractivity contribution in [3.05, 3.63) is 28.0 Å². The molecule has 1 unspecified atom stereocenters. The zero-order chi connectivity index (χ0) is 8.39. The molecule has 0 bridgehead atoms. The first kappa shape index (κ1) is 10.8. The van der Waals surface area contributed by atoms with Crippen LogP contribution >= 0.6 is 23.7 Å². The second-order valence-electron chi connectivity index (χ2n) is 3.13. The molecule has 1 aliphatic carbocycles. The predicted molar refractivity (Wildman–Crippen MR) is 61.8 cm³/mol. The summed E-state index contributed by atoms with van der Waals surface area (Å²) in [6.07, 6.45) is 6.83. The molecule has 0 fully saturated rings. The highest BCUT2D eigenvalue weighted by molar-refractivity contribution is 7.10. The molecule has 1 atom stereocenters. The molecule has 72 valence electrons. The minimum absolute atomic E-state index is 0. The molecule has 1 aromatic rings. The number of nitrogens with one attached hydrogen (secondary N) is 1. The van der Waals surface area contributed by atoms with E-state index >= 15 is 0 Å². The second-order valence-corrected chi connectivity index (χ2v) is 4.13. The van der Waals surface area contributed by atoms with Crippen LogP contribution < -0.4 is 5.32 Å². The van der Waals surface area contributed by atoms with Crippen molar-refractivity contribution in [3.63, 3.8) is 0 Å². The standard InChI is InChI=1S/C10H13NS.ClH/c1-11-9-4-2-3-8-5-6-12-10(8)7-9;/h2-3,5-6,9,11H,4,7H2,1H3;1H. The topological polar surface area (TPSA) is 12.0 Å². The van der Waals surface area contributed by atoms with Gasteiger partial charge in [0.05, 0.1) is 0 Å². The van der Waals surface area contributed by atoms with Gasteiger partial charge in [-0.15, -0.1) is 23.7 Å². The van der Waals surface area contributed by atoms with Crippen molar-refractivity contribution >= 4 is 29.8 Å². The third-order valence-corrected chi connectivity index (χ3v) is 3.30. The summed E-state index contributed by atoms with van der Waals surface area (Å²) in [5.41, 5.74) is 1.41. The first-order valence-corrected chi connectivity index (χ1v) is 5.18. The Balaban J connectivity index is 0.000000845. The van der Waals surface area contributed by atoms with Crippen molar-refractivity contribution in [3.8, 4) is 0 Å². The van der Waals surface area contributed by atoms with E-state index in [9.17, 15) is 0 Å². The summed E-state index contributed by atoms with van der Waals surface area (Å²) < 4.78 is 0. The zero-order valence-corrected chi connectivity index (χ0v) is 9.25. The summed E-state index contributed by atoms with van der Waals surface area (Å²) in [4.78, 5) is 1.52.